The maximum Gasteiger partial charge on any atom is 0.335 e. The molecule has 2 aromatic carbocycles. The van der Waals surface area contributed by atoms with Crippen molar-refractivity contribution in [2.24, 2.45) is 11.7 Å². The number of nitrogens with two attached hydrogens (primary N) is 1. The number of nitrogens with zero attached hydrogens (tertiary/aromatic N) is 2. The lowest BCUT2D eigenvalue weighted by Gasteiger charge is -2.52. The van der Waals surface area contributed by atoms with E-state index in [0.717, 1.165) is 56.9 Å². The van der Waals surface area contributed by atoms with E-state index in [1.165, 1.54) is 24.3 Å². The Kier molecular flexibility index (Phi) is 10.9. The third kappa shape index (κ3) is 7.19. The highest BCUT2D eigenvalue weighted by Crippen LogP contribution is 2.36. The van der Waals surface area contributed by atoms with Crippen LogP contribution >= 0.6 is 0 Å². The van der Waals surface area contributed by atoms with Crippen molar-refractivity contribution in [3.8, 4) is 0 Å². The summed E-state index contributed by atoms with van der Waals surface area (Å²) in [7, 11) is 0. The van der Waals surface area contributed by atoms with Gasteiger partial charge in [0.25, 0.3) is 0 Å². The first-order valence-corrected chi connectivity index (χ1v) is 16.9. The number of ketones is 1. The summed E-state index contributed by atoms with van der Waals surface area (Å²) >= 11 is 0. The van der Waals surface area contributed by atoms with Gasteiger partial charge in [0, 0.05) is 31.7 Å². The summed E-state index contributed by atoms with van der Waals surface area (Å²) in [6, 6.07) is 11.6. The Morgan fingerprint density at radius 3 is 2.15 bits per heavy atom. The fourth-order valence-electron chi connectivity index (χ4n) is 7.41. The number of likely N-dealkylation sites (tertiary alicyclic amines) is 1. The molecule has 248 valence electrons. The molecule has 5 rings (SSSR count). The number of piperidine rings is 1. The highest BCUT2D eigenvalue weighted by atomic mass is 16.4. The summed E-state index contributed by atoms with van der Waals surface area (Å²) in [4.78, 5) is 55.9. The van der Waals surface area contributed by atoms with Crippen LogP contribution in [0, 0.1) is 5.92 Å². The standard InChI is InChI=1S/C36H48N4O6/c1-2-3-20-40-33(43)30(32(42)26-8-6-4-5-7-9-26)38-35(46)36(40)18-21-39(22-19-36)23-24-10-12-25(13-11-24)29(37)31(41)27-14-16-28(17-15-27)34(44)45/h10-17,26,29-30,32,42H,2-9,18-23,37H2,1H3,(H,38,46)(H,44,45)/t29?,30-,32-/m1/s1. The molecule has 1 aliphatic carbocycles. The van der Waals surface area contributed by atoms with Gasteiger partial charge in [-0.3, -0.25) is 19.3 Å². The van der Waals surface area contributed by atoms with Crippen LogP contribution in [0.25, 0.3) is 0 Å². The van der Waals surface area contributed by atoms with E-state index in [-0.39, 0.29) is 29.1 Å². The molecule has 1 unspecified atom stereocenters. The Bertz CT molecular complexity index is 1380. The van der Waals surface area contributed by atoms with Crippen LogP contribution in [-0.4, -0.2) is 80.9 Å². The summed E-state index contributed by atoms with van der Waals surface area (Å²) in [5.41, 5.74) is 7.54. The van der Waals surface area contributed by atoms with Crippen molar-refractivity contribution in [1.29, 1.82) is 0 Å². The number of nitrogens with one attached hydrogen (secondary N) is 1. The Morgan fingerprint density at radius 1 is 0.957 bits per heavy atom. The van der Waals surface area contributed by atoms with Gasteiger partial charge in [-0.05, 0) is 61.3 Å². The van der Waals surface area contributed by atoms with E-state index >= 15 is 0 Å². The fraction of sp³-hybridized carbons (Fsp3) is 0.556. The predicted octanol–water partition coefficient (Wildman–Crippen LogP) is 4.06. The highest BCUT2D eigenvalue weighted by Gasteiger charge is 2.55. The lowest BCUT2D eigenvalue weighted by atomic mass is 9.79. The summed E-state index contributed by atoms with van der Waals surface area (Å²) in [5, 5.41) is 23.4. The zero-order valence-corrected chi connectivity index (χ0v) is 26.8. The minimum atomic E-state index is -1.05. The summed E-state index contributed by atoms with van der Waals surface area (Å²) < 4.78 is 0. The van der Waals surface area contributed by atoms with Gasteiger partial charge < -0.3 is 26.2 Å². The molecule has 3 aliphatic rings. The maximum absolute atomic E-state index is 13.9. The first-order chi connectivity index (χ1) is 22.1. The van der Waals surface area contributed by atoms with Crippen LogP contribution in [0.5, 0.6) is 0 Å². The number of benzene rings is 2. The molecule has 5 N–H and O–H groups in total. The highest BCUT2D eigenvalue weighted by molar-refractivity contribution is 6.01. The topological polar surface area (TPSA) is 153 Å². The van der Waals surface area contributed by atoms with Gasteiger partial charge in [-0.1, -0.05) is 75.4 Å². The van der Waals surface area contributed by atoms with Gasteiger partial charge in [0.1, 0.15) is 11.6 Å². The number of aliphatic hydroxyl groups is 1. The van der Waals surface area contributed by atoms with Crippen LogP contribution in [0.4, 0.5) is 0 Å². The van der Waals surface area contributed by atoms with Crippen LogP contribution in [0.2, 0.25) is 0 Å². The van der Waals surface area contributed by atoms with Crippen LogP contribution in [-0.2, 0) is 16.1 Å². The van der Waals surface area contributed by atoms with E-state index in [0.29, 0.717) is 50.1 Å². The second-order valence-corrected chi connectivity index (χ2v) is 13.3. The molecule has 0 aromatic heterocycles. The third-order valence-electron chi connectivity index (χ3n) is 10.3. The zero-order valence-electron chi connectivity index (χ0n) is 26.8. The number of carboxylic acids is 1. The van der Waals surface area contributed by atoms with Crippen molar-refractivity contribution in [3.05, 3.63) is 70.8 Å². The molecule has 3 fully saturated rings. The molecular weight excluding hydrogens is 584 g/mol. The molecular formula is C36H48N4O6. The van der Waals surface area contributed by atoms with Gasteiger partial charge in [-0.25, -0.2) is 4.79 Å². The van der Waals surface area contributed by atoms with Crippen LogP contribution < -0.4 is 11.1 Å². The van der Waals surface area contributed by atoms with Gasteiger partial charge in [0.05, 0.1) is 17.7 Å². The van der Waals surface area contributed by atoms with Crippen molar-refractivity contribution in [3.63, 3.8) is 0 Å². The van der Waals surface area contributed by atoms with E-state index in [1.807, 2.05) is 24.3 Å². The van der Waals surface area contributed by atoms with Crippen LogP contribution in [0.1, 0.15) is 109 Å². The molecule has 10 nitrogen and oxygen atoms in total. The molecule has 2 heterocycles. The van der Waals surface area contributed by atoms with Gasteiger partial charge in [0.15, 0.2) is 5.78 Å². The normalized spacial score (nSPS) is 22.2. The van der Waals surface area contributed by atoms with Gasteiger partial charge in [-0.2, -0.15) is 0 Å². The van der Waals surface area contributed by atoms with Gasteiger partial charge >= 0.3 is 5.97 Å². The molecule has 2 saturated heterocycles. The summed E-state index contributed by atoms with van der Waals surface area (Å²) in [5.74, 6) is -1.59. The lowest BCUT2D eigenvalue weighted by molar-refractivity contribution is -0.165. The molecule has 1 spiro atoms. The zero-order chi connectivity index (χ0) is 32.8. The first kappa shape index (κ1) is 33.8. The number of carbonyl (C=O) groups excluding carboxylic acids is 3. The van der Waals surface area contributed by atoms with E-state index in [1.54, 1.807) is 4.90 Å². The van der Waals surface area contributed by atoms with Gasteiger partial charge in [-0.15, -0.1) is 0 Å². The number of unbranched alkanes of at least 4 members (excludes halogenated alkanes) is 1. The smallest absolute Gasteiger partial charge is 0.335 e. The largest absolute Gasteiger partial charge is 0.478 e. The molecule has 2 amide bonds. The second kappa shape index (κ2) is 14.9. The number of carbonyl (C=O) groups is 4. The Morgan fingerprint density at radius 2 is 1.57 bits per heavy atom. The molecule has 0 bridgehead atoms. The number of aromatic carboxylic acids is 1. The Hall–Kier alpha value is -3.60. The van der Waals surface area contributed by atoms with E-state index < -0.39 is 29.7 Å². The van der Waals surface area contributed by atoms with Crippen molar-refractivity contribution in [1.82, 2.24) is 15.1 Å². The van der Waals surface area contributed by atoms with Gasteiger partial charge in [0.2, 0.25) is 11.8 Å². The Balaban J connectivity index is 1.21. The molecule has 0 radical (unpaired) electrons. The molecule has 46 heavy (non-hydrogen) atoms. The minimum absolute atomic E-state index is 0.0325. The van der Waals surface area contributed by atoms with Crippen molar-refractivity contribution in [2.75, 3.05) is 19.6 Å². The quantitative estimate of drug-likeness (QED) is 0.214. The van der Waals surface area contributed by atoms with Crippen molar-refractivity contribution < 1.29 is 29.4 Å². The molecule has 3 atom stereocenters. The third-order valence-corrected chi connectivity index (χ3v) is 10.3. The lowest BCUT2D eigenvalue weighted by Crippen LogP contribution is -2.75. The van der Waals surface area contributed by atoms with Crippen molar-refractivity contribution >= 4 is 23.6 Å². The molecule has 2 aromatic rings. The Labute approximate surface area is 271 Å². The number of piperazine rings is 1. The van der Waals surface area contributed by atoms with E-state index in [9.17, 15) is 24.3 Å². The molecule has 2 aliphatic heterocycles. The number of carboxylic acid groups (broad SMARTS) is 1. The van der Waals surface area contributed by atoms with Crippen molar-refractivity contribution in [2.45, 2.75) is 101 Å². The number of aliphatic hydroxyl groups excluding tert-OH is 1. The SMILES string of the molecule is CCCCN1C(=O)[C@@H]([C@H](O)C2CCCCCC2)NC(=O)C12CCN(Cc1ccc(C(N)C(=O)c3ccc(C(=O)O)cc3)cc1)CC2. The summed E-state index contributed by atoms with van der Waals surface area (Å²) in [6.07, 6.45) is 8.09. The fourth-order valence-corrected chi connectivity index (χ4v) is 7.41. The predicted molar refractivity (Wildman–Crippen MR) is 174 cm³/mol. The number of amides is 2. The molecule has 10 heteroatoms. The first-order valence-electron chi connectivity index (χ1n) is 16.9. The summed E-state index contributed by atoms with van der Waals surface area (Å²) in [6.45, 7) is 4.54. The average Bonchev–Trinajstić information content (AvgIpc) is 3.37. The average molecular weight is 633 g/mol. The van der Waals surface area contributed by atoms with Crippen LogP contribution in [0.15, 0.2) is 48.5 Å². The number of Topliss-reactive ketones (excluding diaryl/α,β-unsaturated/α-hetero) is 1. The monoisotopic (exact) mass is 632 g/mol. The van der Waals surface area contributed by atoms with E-state index in [4.69, 9.17) is 10.8 Å². The number of hydrogen-bond acceptors (Lipinski definition) is 7. The number of rotatable bonds is 11. The minimum Gasteiger partial charge on any atom is -0.478 e. The maximum atomic E-state index is 13.9. The second-order valence-electron chi connectivity index (χ2n) is 13.3. The molecule has 1 saturated carbocycles. The van der Waals surface area contributed by atoms with E-state index in [2.05, 4.69) is 17.1 Å². The van der Waals surface area contributed by atoms with Crippen LogP contribution in [0.3, 0.4) is 0 Å². The number of hydrogen-bond donors (Lipinski definition) is 4.